The quantitative estimate of drug-likeness (QED) is 0.856. The summed E-state index contributed by atoms with van der Waals surface area (Å²) in [6.45, 7) is 7.29. The van der Waals surface area contributed by atoms with Crippen LogP contribution in [-0.2, 0) is 4.74 Å². The third-order valence-corrected chi connectivity index (χ3v) is 3.84. The number of rotatable bonds is 4. The van der Waals surface area contributed by atoms with Gasteiger partial charge in [0.15, 0.2) is 0 Å². The van der Waals surface area contributed by atoms with Crippen LogP contribution in [0.3, 0.4) is 0 Å². The van der Waals surface area contributed by atoms with E-state index in [0.717, 1.165) is 0 Å². The molecule has 0 spiro atoms. The molecule has 2 atom stereocenters. The molecule has 6 heteroatoms. The van der Waals surface area contributed by atoms with Gasteiger partial charge in [0.05, 0.1) is 17.7 Å². The molecule has 0 aliphatic carbocycles. The van der Waals surface area contributed by atoms with Crippen LogP contribution in [0.1, 0.15) is 27.7 Å². The summed E-state index contributed by atoms with van der Waals surface area (Å²) in [5.41, 5.74) is -0.834. The van der Waals surface area contributed by atoms with Gasteiger partial charge in [0.25, 0.3) is 0 Å². The van der Waals surface area contributed by atoms with Crippen LogP contribution in [0.25, 0.3) is 0 Å². The highest BCUT2D eigenvalue weighted by Gasteiger charge is 2.53. The molecule has 0 saturated carbocycles. The number of hydrogen-bond acceptors (Lipinski definition) is 3. The number of likely N-dealkylation sites (N-methyl/N-ethyl adjacent to an activating group) is 1. The lowest BCUT2D eigenvalue weighted by Crippen LogP contribution is -2.50. The van der Waals surface area contributed by atoms with Crippen LogP contribution in [0.5, 0.6) is 0 Å². The third-order valence-electron chi connectivity index (χ3n) is 3.84. The number of nitrogens with one attached hydrogen (secondary N) is 1. The number of hydrogen-bond donors (Lipinski definition) is 1. The molecule has 2 unspecified atom stereocenters. The molecule has 1 N–H and O–H groups in total. The maximum absolute atomic E-state index is 12.4. The Labute approximate surface area is 113 Å². The topological polar surface area (TPSA) is 24.5 Å². The Hall–Kier alpha value is -0.330. The van der Waals surface area contributed by atoms with Crippen molar-refractivity contribution < 1.29 is 17.9 Å². The van der Waals surface area contributed by atoms with Crippen molar-refractivity contribution in [3.8, 4) is 0 Å². The van der Waals surface area contributed by atoms with Gasteiger partial charge in [-0.1, -0.05) is 0 Å². The highest BCUT2D eigenvalue weighted by Crippen LogP contribution is 2.42. The zero-order valence-electron chi connectivity index (χ0n) is 12.6. The summed E-state index contributed by atoms with van der Waals surface area (Å²) in [7, 11) is 3.33. The van der Waals surface area contributed by atoms with Crippen molar-refractivity contribution in [2.45, 2.75) is 51.1 Å². The normalized spacial score (nSPS) is 30.0. The third kappa shape index (κ3) is 4.07. The molecule has 1 rings (SSSR count). The van der Waals surface area contributed by atoms with E-state index < -0.39 is 18.3 Å². The van der Waals surface area contributed by atoms with Crippen LogP contribution in [0.4, 0.5) is 13.2 Å². The van der Waals surface area contributed by atoms with E-state index in [4.69, 9.17) is 4.74 Å². The molecule has 0 aromatic carbocycles. The Morgan fingerprint density at radius 1 is 1.16 bits per heavy atom. The first-order valence-corrected chi connectivity index (χ1v) is 6.52. The summed E-state index contributed by atoms with van der Waals surface area (Å²) in [4.78, 5) is 1.32. The van der Waals surface area contributed by atoms with Gasteiger partial charge in [0.1, 0.15) is 0 Å². The van der Waals surface area contributed by atoms with Gasteiger partial charge in [-0.25, -0.2) is 0 Å². The summed E-state index contributed by atoms with van der Waals surface area (Å²) >= 11 is 0. The second kappa shape index (κ2) is 5.22. The van der Waals surface area contributed by atoms with Crippen LogP contribution in [0.2, 0.25) is 0 Å². The molecule has 1 fully saturated rings. The molecule has 1 aliphatic heterocycles. The molecule has 1 aliphatic rings. The molecule has 0 aromatic rings. The SMILES string of the molecule is CNC1C(CN(C)CC(F)(F)F)C(C)(C)OC1(C)C. The zero-order chi connectivity index (χ0) is 15.1. The predicted molar refractivity (Wildman–Crippen MR) is 69.1 cm³/mol. The largest absolute Gasteiger partial charge is 0.401 e. The molecule has 1 saturated heterocycles. The van der Waals surface area contributed by atoms with E-state index in [-0.39, 0.29) is 17.6 Å². The minimum absolute atomic E-state index is 0.000139. The number of ether oxygens (including phenoxy) is 1. The fourth-order valence-corrected chi connectivity index (χ4v) is 3.28. The molecule has 3 nitrogen and oxygen atoms in total. The molecule has 0 radical (unpaired) electrons. The van der Waals surface area contributed by atoms with Crippen molar-refractivity contribution in [2.24, 2.45) is 5.92 Å². The molecular weight excluding hydrogens is 257 g/mol. The summed E-state index contributed by atoms with van der Waals surface area (Å²) in [5, 5.41) is 3.20. The van der Waals surface area contributed by atoms with E-state index in [0.29, 0.717) is 6.54 Å². The zero-order valence-corrected chi connectivity index (χ0v) is 12.6. The number of nitrogens with zero attached hydrogens (tertiary/aromatic N) is 1. The van der Waals surface area contributed by atoms with Gasteiger partial charge in [-0.05, 0) is 41.8 Å². The summed E-state index contributed by atoms with van der Waals surface area (Å²) in [6, 6.07) is 0.0261. The van der Waals surface area contributed by atoms with Gasteiger partial charge in [0, 0.05) is 18.5 Å². The number of alkyl halides is 3. The Bertz CT molecular complexity index is 316. The molecule has 1 heterocycles. The van der Waals surface area contributed by atoms with Gasteiger partial charge < -0.3 is 10.1 Å². The van der Waals surface area contributed by atoms with Gasteiger partial charge in [-0.3, -0.25) is 4.90 Å². The number of halogens is 3. The molecular formula is C13H25F3N2O. The van der Waals surface area contributed by atoms with Crippen molar-refractivity contribution >= 4 is 0 Å². The van der Waals surface area contributed by atoms with Crippen LogP contribution in [0.15, 0.2) is 0 Å². The van der Waals surface area contributed by atoms with Crippen molar-refractivity contribution in [3.63, 3.8) is 0 Å². The first-order valence-electron chi connectivity index (χ1n) is 6.52. The molecule has 0 amide bonds. The van der Waals surface area contributed by atoms with E-state index in [1.807, 2.05) is 34.7 Å². The van der Waals surface area contributed by atoms with Gasteiger partial charge in [-0.15, -0.1) is 0 Å². The van der Waals surface area contributed by atoms with Crippen molar-refractivity contribution in [3.05, 3.63) is 0 Å². The van der Waals surface area contributed by atoms with Crippen molar-refractivity contribution in [1.29, 1.82) is 0 Å². The lowest BCUT2D eigenvalue weighted by molar-refractivity contribution is -0.146. The van der Waals surface area contributed by atoms with Gasteiger partial charge in [0.2, 0.25) is 0 Å². The van der Waals surface area contributed by atoms with Crippen LogP contribution < -0.4 is 5.32 Å². The first kappa shape index (κ1) is 16.7. The monoisotopic (exact) mass is 282 g/mol. The van der Waals surface area contributed by atoms with E-state index in [1.165, 1.54) is 11.9 Å². The molecule has 0 bridgehead atoms. The second-order valence-electron chi connectivity index (χ2n) is 6.49. The minimum Gasteiger partial charge on any atom is -0.368 e. The Morgan fingerprint density at radius 2 is 1.68 bits per heavy atom. The Morgan fingerprint density at radius 3 is 2.11 bits per heavy atom. The summed E-state index contributed by atoms with van der Waals surface area (Å²) in [6.07, 6.45) is -4.16. The van der Waals surface area contributed by atoms with Crippen LogP contribution in [-0.4, -0.2) is 55.5 Å². The van der Waals surface area contributed by atoms with Crippen molar-refractivity contribution in [2.75, 3.05) is 27.2 Å². The van der Waals surface area contributed by atoms with E-state index in [1.54, 1.807) is 0 Å². The average Bonchev–Trinajstić information content (AvgIpc) is 2.27. The fourth-order valence-electron chi connectivity index (χ4n) is 3.28. The smallest absolute Gasteiger partial charge is 0.368 e. The predicted octanol–water partition coefficient (Wildman–Crippen LogP) is 2.27. The lowest BCUT2D eigenvalue weighted by atomic mass is 9.82. The Balaban J connectivity index is 2.80. The first-order chi connectivity index (χ1) is 8.39. The maximum Gasteiger partial charge on any atom is 0.401 e. The highest BCUT2D eigenvalue weighted by molar-refractivity contribution is 5.05. The summed E-state index contributed by atoms with van der Waals surface area (Å²) in [5.74, 6) is -0.000139. The van der Waals surface area contributed by atoms with E-state index in [9.17, 15) is 13.2 Å². The Kier molecular flexibility index (Phi) is 4.59. The van der Waals surface area contributed by atoms with Crippen LogP contribution in [0, 0.1) is 5.92 Å². The molecule has 19 heavy (non-hydrogen) atoms. The minimum atomic E-state index is -4.16. The second-order valence-corrected chi connectivity index (χ2v) is 6.49. The maximum atomic E-state index is 12.4. The van der Waals surface area contributed by atoms with Crippen LogP contribution >= 0.6 is 0 Å². The average molecular weight is 282 g/mol. The standard InChI is InChI=1S/C13H25F3N2O/c1-11(2)9(7-18(6)8-13(14,15)16)10(17-5)12(3,4)19-11/h9-10,17H,7-8H2,1-6H3. The van der Waals surface area contributed by atoms with Gasteiger partial charge >= 0.3 is 6.18 Å². The fraction of sp³-hybridized carbons (Fsp3) is 1.00. The lowest BCUT2D eigenvalue weighted by Gasteiger charge is -2.32. The highest BCUT2D eigenvalue weighted by atomic mass is 19.4. The van der Waals surface area contributed by atoms with E-state index >= 15 is 0 Å². The molecule has 114 valence electrons. The summed E-state index contributed by atoms with van der Waals surface area (Å²) < 4.78 is 43.3. The van der Waals surface area contributed by atoms with Crippen molar-refractivity contribution in [1.82, 2.24) is 10.2 Å². The van der Waals surface area contributed by atoms with E-state index in [2.05, 4.69) is 5.32 Å². The van der Waals surface area contributed by atoms with Gasteiger partial charge in [-0.2, -0.15) is 13.2 Å². The molecule has 0 aromatic heterocycles.